The third-order valence-corrected chi connectivity index (χ3v) is 5.20. The van der Waals surface area contributed by atoms with E-state index in [-0.39, 0.29) is 12.5 Å². The van der Waals surface area contributed by atoms with Crippen LogP contribution in [0.1, 0.15) is 35.1 Å². The average molecular weight is 388 g/mol. The molecule has 0 spiro atoms. The molecule has 2 aromatic carbocycles. The number of benzene rings is 2. The average Bonchev–Trinajstić information content (AvgIpc) is 2.57. The van der Waals surface area contributed by atoms with Crippen LogP contribution in [0.15, 0.2) is 34.8 Å². The van der Waals surface area contributed by atoms with Gasteiger partial charge in [0.05, 0.1) is 5.69 Å². The molecule has 1 aliphatic carbocycles. The maximum atomic E-state index is 12.2. The number of rotatable bonds is 4. The van der Waals surface area contributed by atoms with Gasteiger partial charge in [-0.1, -0.05) is 6.07 Å². The maximum Gasteiger partial charge on any atom is 0.262 e. The molecular formula is C20H22BrNO2. The van der Waals surface area contributed by atoms with E-state index in [0.29, 0.717) is 0 Å². The van der Waals surface area contributed by atoms with Crippen molar-refractivity contribution in [3.8, 4) is 5.75 Å². The van der Waals surface area contributed by atoms with Crippen molar-refractivity contribution in [3.05, 3.63) is 57.1 Å². The first-order valence-electron chi connectivity index (χ1n) is 8.34. The number of aryl methyl sites for hydroxylation is 4. The first-order valence-corrected chi connectivity index (χ1v) is 9.13. The van der Waals surface area contributed by atoms with E-state index in [1.165, 1.54) is 29.5 Å². The number of amides is 1. The maximum absolute atomic E-state index is 12.2. The van der Waals surface area contributed by atoms with Crippen LogP contribution in [0, 0.1) is 13.8 Å². The van der Waals surface area contributed by atoms with Crippen molar-refractivity contribution in [1.29, 1.82) is 0 Å². The zero-order valence-corrected chi connectivity index (χ0v) is 15.7. The highest BCUT2D eigenvalue weighted by molar-refractivity contribution is 9.10. The molecule has 0 aliphatic heterocycles. The Labute approximate surface area is 151 Å². The molecule has 3 nitrogen and oxygen atoms in total. The minimum Gasteiger partial charge on any atom is -0.484 e. The molecule has 126 valence electrons. The van der Waals surface area contributed by atoms with Crippen LogP contribution in [0.5, 0.6) is 5.75 Å². The van der Waals surface area contributed by atoms with Gasteiger partial charge in [-0.15, -0.1) is 0 Å². The summed E-state index contributed by atoms with van der Waals surface area (Å²) in [5, 5.41) is 2.90. The van der Waals surface area contributed by atoms with Gasteiger partial charge in [-0.2, -0.15) is 0 Å². The molecule has 0 atom stereocenters. The van der Waals surface area contributed by atoms with Crippen LogP contribution in [0.2, 0.25) is 0 Å². The summed E-state index contributed by atoms with van der Waals surface area (Å²) in [6, 6.07) is 10.1. The third-order valence-electron chi connectivity index (χ3n) is 4.55. The Hall–Kier alpha value is -1.81. The molecule has 0 unspecified atom stereocenters. The van der Waals surface area contributed by atoms with E-state index in [0.717, 1.165) is 34.3 Å². The first-order chi connectivity index (χ1) is 11.5. The second kappa shape index (κ2) is 7.39. The molecule has 2 aromatic rings. The fourth-order valence-corrected chi connectivity index (χ4v) is 3.57. The number of hydrogen-bond donors (Lipinski definition) is 1. The third kappa shape index (κ3) is 3.99. The van der Waals surface area contributed by atoms with E-state index in [1.807, 2.05) is 32.0 Å². The Bertz CT molecular complexity index is 770. The van der Waals surface area contributed by atoms with E-state index >= 15 is 0 Å². The second-order valence-corrected chi connectivity index (χ2v) is 7.25. The van der Waals surface area contributed by atoms with Crippen molar-refractivity contribution in [1.82, 2.24) is 0 Å². The van der Waals surface area contributed by atoms with E-state index < -0.39 is 0 Å². The van der Waals surface area contributed by atoms with Gasteiger partial charge in [0, 0.05) is 4.47 Å². The predicted octanol–water partition coefficient (Wildman–Crippen LogP) is 4.96. The Balaban J connectivity index is 1.61. The van der Waals surface area contributed by atoms with Crippen LogP contribution in [0.3, 0.4) is 0 Å². The van der Waals surface area contributed by atoms with Crippen LogP contribution in [0.25, 0.3) is 0 Å². The molecule has 0 heterocycles. The number of halogens is 1. The number of nitrogens with one attached hydrogen (secondary N) is 1. The van der Waals surface area contributed by atoms with Crippen molar-refractivity contribution >= 4 is 27.5 Å². The van der Waals surface area contributed by atoms with Crippen molar-refractivity contribution in [2.24, 2.45) is 0 Å². The largest absolute Gasteiger partial charge is 0.484 e. The second-order valence-electron chi connectivity index (χ2n) is 6.39. The number of carbonyl (C=O) groups excluding carboxylic acids is 1. The topological polar surface area (TPSA) is 38.3 Å². The minimum absolute atomic E-state index is 0.0121. The van der Waals surface area contributed by atoms with Gasteiger partial charge in [0.2, 0.25) is 0 Å². The zero-order chi connectivity index (χ0) is 17.1. The SMILES string of the molecule is Cc1cc(Br)c(NC(=O)COc2ccc3c(c2)CCCC3)cc1C. The zero-order valence-electron chi connectivity index (χ0n) is 14.1. The van der Waals surface area contributed by atoms with E-state index in [1.54, 1.807) is 0 Å². The van der Waals surface area contributed by atoms with Gasteiger partial charge in [-0.05, 0) is 102 Å². The monoisotopic (exact) mass is 387 g/mol. The summed E-state index contributed by atoms with van der Waals surface area (Å²) in [6.07, 6.45) is 4.75. The fraction of sp³-hybridized carbons (Fsp3) is 0.350. The molecule has 1 amide bonds. The van der Waals surface area contributed by atoms with Gasteiger partial charge >= 0.3 is 0 Å². The van der Waals surface area contributed by atoms with Crippen molar-refractivity contribution in [2.75, 3.05) is 11.9 Å². The van der Waals surface area contributed by atoms with Crippen LogP contribution >= 0.6 is 15.9 Å². The van der Waals surface area contributed by atoms with E-state index in [9.17, 15) is 4.79 Å². The molecule has 4 heteroatoms. The summed E-state index contributed by atoms with van der Waals surface area (Å²) < 4.78 is 6.55. The smallest absolute Gasteiger partial charge is 0.262 e. The van der Waals surface area contributed by atoms with Crippen LogP contribution in [-0.4, -0.2) is 12.5 Å². The molecule has 0 fully saturated rings. The normalized spacial score (nSPS) is 13.3. The lowest BCUT2D eigenvalue weighted by molar-refractivity contribution is -0.118. The summed E-state index contributed by atoms with van der Waals surface area (Å²) >= 11 is 3.49. The van der Waals surface area contributed by atoms with Gasteiger partial charge in [-0.3, -0.25) is 4.79 Å². The highest BCUT2D eigenvalue weighted by Crippen LogP contribution is 2.27. The molecule has 1 aliphatic rings. The lowest BCUT2D eigenvalue weighted by atomic mass is 9.92. The number of anilines is 1. The Morgan fingerprint density at radius 2 is 1.79 bits per heavy atom. The van der Waals surface area contributed by atoms with Crippen molar-refractivity contribution in [3.63, 3.8) is 0 Å². The molecule has 3 rings (SSSR count). The molecule has 1 N–H and O–H groups in total. The number of hydrogen-bond acceptors (Lipinski definition) is 2. The first kappa shape index (κ1) is 17.0. The lowest BCUT2D eigenvalue weighted by Crippen LogP contribution is -2.20. The minimum atomic E-state index is -0.156. The Morgan fingerprint density at radius 3 is 2.58 bits per heavy atom. The molecule has 0 saturated heterocycles. The van der Waals surface area contributed by atoms with Gasteiger partial charge in [0.15, 0.2) is 6.61 Å². The highest BCUT2D eigenvalue weighted by atomic mass is 79.9. The van der Waals surface area contributed by atoms with E-state index in [4.69, 9.17) is 4.74 Å². The van der Waals surface area contributed by atoms with Gasteiger partial charge in [0.1, 0.15) is 5.75 Å². The van der Waals surface area contributed by atoms with Gasteiger partial charge in [0.25, 0.3) is 5.91 Å². The number of ether oxygens (including phenoxy) is 1. The lowest BCUT2D eigenvalue weighted by Gasteiger charge is -2.17. The Kier molecular flexibility index (Phi) is 5.24. The van der Waals surface area contributed by atoms with E-state index in [2.05, 4.69) is 33.4 Å². The Morgan fingerprint density at radius 1 is 1.08 bits per heavy atom. The summed E-state index contributed by atoms with van der Waals surface area (Å²) in [5.74, 6) is 0.613. The summed E-state index contributed by atoms with van der Waals surface area (Å²) in [4.78, 5) is 12.2. The van der Waals surface area contributed by atoms with Crippen LogP contribution in [0.4, 0.5) is 5.69 Å². The van der Waals surface area contributed by atoms with Crippen LogP contribution in [-0.2, 0) is 17.6 Å². The van der Waals surface area contributed by atoms with Gasteiger partial charge in [-0.25, -0.2) is 0 Å². The molecule has 0 saturated carbocycles. The predicted molar refractivity (Wildman–Crippen MR) is 101 cm³/mol. The van der Waals surface area contributed by atoms with Crippen molar-refractivity contribution in [2.45, 2.75) is 39.5 Å². The number of carbonyl (C=O) groups is 1. The molecule has 0 bridgehead atoms. The van der Waals surface area contributed by atoms with Crippen molar-refractivity contribution < 1.29 is 9.53 Å². The quantitative estimate of drug-likeness (QED) is 0.804. The summed E-state index contributed by atoms with van der Waals surface area (Å²) in [5.41, 5.74) is 5.87. The van der Waals surface area contributed by atoms with Gasteiger partial charge < -0.3 is 10.1 Å². The molecule has 0 aromatic heterocycles. The fourth-order valence-electron chi connectivity index (χ4n) is 3.01. The molecule has 24 heavy (non-hydrogen) atoms. The molecular weight excluding hydrogens is 366 g/mol. The summed E-state index contributed by atoms with van der Waals surface area (Å²) in [6.45, 7) is 4.09. The highest BCUT2D eigenvalue weighted by Gasteiger charge is 2.12. The van der Waals surface area contributed by atoms with Crippen LogP contribution < -0.4 is 10.1 Å². The summed E-state index contributed by atoms with van der Waals surface area (Å²) in [7, 11) is 0. The molecule has 0 radical (unpaired) electrons. The standard InChI is InChI=1S/C20H22BrNO2/c1-13-9-18(21)19(10-14(13)2)22-20(23)12-24-17-8-7-15-5-3-4-6-16(15)11-17/h7-11H,3-6,12H2,1-2H3,(H,22,23). The number of fused-ring (bicyclic) bond motifs is 1.